The second-order valence-electron chi connectivity index (χ2n) is 8.49. The zero-order valence-corrected chi connectivity index (χ0v) is 18.1. The van der Waals surface area contributed by atoms with Crippen LogP contribution in [0.1, 0.15) is 30.0 Å². The number of carbonyl (C=O) groups excluding carboxylic acids is 1. The fraction of sp³-hybridized carbons (Fsp3) is 0.480. The van der Waals surface area contributed by atoms with Crippen molar-refractivity contribution in [3.8, 4) is 0 Å². The zero-order valence-electron chi connectivity index (χ0n) is 18.1. The van der Waals surface area contributed by atoms with Gasteiger partial charge in [0.15, 0.2) is 0 Å². The topological polar surface area (TPSA) is 30.0 Å². The molecule has 4 rings (SSSR count). The van der Waals surface area contributed by atoms with Crippen molar-refractivity contribution in [3.05, 3.63) is 71.8 Å². The van der Waals surface area contributed by atoms with Crippen LogP contribution in [-0.4, -0.2) is 85.0 Å². The molecule has 0 saturated carbocycles. The first-order valence-corrected chi connectivity index (χ1v) is 11.3. The Hall–Kier alpha value is -2.37. The van der Waals surface area contributed by atoms with Crippen LogP contribution in [-0.2, 0) is 0 Å². The lowest BCUT2D eigenvalue weighted by Gasteiger charge is -2.39. The van der Waals surface area contributed by atoms with E-state index in [9.17, 15) is 4.79 Å². The number of carbonyl (C=O) groups is 1. The third-order valence-corrected chi connectivity index (χ3v) is 6.49. The van der Waals surface area contributed by atoms with Crippen LogP contribution in [0.5, 0.6) is 0 Å². The molecule has 0 aliphatic carbocycles. The van der Waals surface area contributed by atoms with Gasteiger partial charge in [0.1, 0.15) is 0 Å². The maximum Gasteiger partial charge on any atom is 0.320 e. The molecule has 5 heteroatoms. The minimum atomic E-state index is -0.0758. The highest BCUT2D eigenvalue weighted by molar-refractivity contribution is 5.75. The lowest BCUT2D eigenvalue weighted by Crippen LogP contribution is -2.53. The summed E-state index contributed by atoms with van der Waals surface area (Å²) in [5.74, 6) is 0. The third kappa shape index (κ3) is 5.02. The molecule has 2 amide bonds. The maximum absolute atomic E-state index is 13.4. The molecule has 0 radical (unpaired) electrons. The summed E-state index contributed by atoms with van der Waals surface area (Å²) in [6, 6.07) is 20.7. The van der Waals surface area contributed by atoms with Gasteiger partial charge in [-0.05, 0) is 37.1 Å². The largest absolute Gasteiger partial charge is 0.322 e. The number of hydrogen-bond donors (Lipinski definition) is 0. The molecule has 0 unspecified atom stereocenters. The molecule has 160 valence electrons. The zero-order chi connectivity index (χ0) is 20.8. The molecule has 0 N–H and O–H groups in total. The molecule has 0 aromatic heterocycles. The van der Waals surface area contributed by atoms with Crippen LogP contribution in [0.25, 0.3) is 0 Å². The summed E-state index contributed by atoms with van der Waals surface area (Å²) >= 11 is 0. The molecule has 2 heterocycles. The number of likely N-dealkylation sites (tertiary alicyclic amines) is 1. The molecular formula is C25H34N4O. The molecule has 0 bridgehead atoms. The Morgan fingerprint density at radius 3 is 1.73 bits per heavy atom. The molecule has 2 aromatic rings. The highest BCUT2D eigenvalue weighted by atomic mass is 16.2. The van der Waals surface area contributed by atoms with E-state index >= 15 is 0 Å². The van der Waals surface area contributed by atoms with E-state index in [0.717, 1.165) is 50.4 Å². The Bertz CT molecular complexity index is 744. The molecule has 0 spiro atoms. The summed E-state index contributed by atoms with van der Waals surface area (Å²) in [4.78, 5) is 22.4. The standard InChI is InChI=1S/C25H34N4O/c1-26(24(22-10-4-2-5-11-22)23-12-6-3-7-13-23)25(30)29-20-18-28(19-21-29)17-16-27-14-8-9-15-27/h2-7,10-13,24H,8-9,14-21H2,1H3. The van der Waals surface area contributed by atoms with Gasteiger partial charge in [0, 0.05) is 46.3 Å². The lowest BCUT2D eigenvalue weighted by molar-refractivity contribution is 0.107. The first-order valence-electron chi connectivity index (χ1n) is 11.3. The van der Waals surface area contributed by atoms with Crippen LogP contribution in [0.2, 0.25) is 0 Å². The van der Waals surface area contributed by atoms with E-state index in [1.165, 1.54) is 25.9 Å². The van der Waals surface area contributed by atoms with E-state index in [0.29, 0.717) is 0 Å². The number of urea groups is 1. The van der Waals surface area contributed by atoms with Crippen molar-refractivity contribution >= 4 is 6.03 Å². The monoisotopic (exact) mass is 406 g/mol. The summed E-state index contributed by atoms with van der Waals surface area (Å²) in [5.41, 5.74) is 2.28. The summed E-state index contributed by atoms with van der Waals surface area (Å²) in [6.07, 6.45) is 2.69. The number of rotatable bonds is 6. The van der Waals surface area contributed by atoms with Crippen molar-refractivity contribution in [1.29, 1.82) is 0 Å². The highest BCUT2D eigenvalue weighted by Gasteiger charge is 2.29. The van der Waals surface area contributed by atoms with Gasteiger partial charge in [0.05, 0.1) is 6.04 Å². The average molecular weight is 407 g/mol. The molecule has 2 aliphatic heterocycles. The Kier molecular flexibility index (Phi) is 7.03. The highest BCUT2D eigenvalue weighted by Crippen LogP contribution is 2.28. The van der Waals surface area contributed by atoms with Gasteiger partial charge >= 0.3 is 6.03 Å². The fourth-order valence-corrected chi connectivity index (χ4v) is 4.70. The molecule has 2 fully saturated rings. The molecule has 30 heavy (non-hydrogen) atoms. The summed E-state index contributed by atoms with van der Waals surface area (Å²) < 4.78 is 0. The van der Waals surface area contributed by atoms with Crippen LogP contribution in [0.4, 0.5) is 4.79 Å². The van der Waals surface area contributed by atoms with Crippen LogP contribution < -0.4 is 0 Å². The van der Waals surface area contributed by atoms with E-state index in [2.05, 4.69) is 34.1 Å². The molecular weight excluding hydrogens is 372 g/mol. The Morgan fingerprint density at radius 2 is 1.23 bits per heavy atom. The summed E-state index contributed by atoms with van der Waals surface area (Å²) in [6.45, 7) is 8.34. The Labute approximate surface area is 180 Å². The van der Waals surface area contributed by atoms with Crippen LogP contribution in [0.15, 0.2) is 60.7 Å². The molecule has 2 saturated heterocycles. The van der Waals surface area contributed by atoms with E-state index in [1.54, 1.807) is 0 Å². The van der Waals surface area contributed by atoms with Crippen LogP contribution in [0, 0.1) is 0 Å². The Morgan fingerprint density at radius 1 is 0.767 bits per heavy atom. The van der Waals surface area contributed by atoms with Crippen LogP contribution in [0.3, 0.4) is 0 Å². The van der Waals surface area contributed by atoms with Crippen molar-refractivity contribution in [1.82, 2.24) is 19.6 Å². The fourth-order valence-electron chi connectivity index (χ4n) is 4.70. The van der Waals surface area contributed by atoms with Gasteiger partial charge in [0.25, 0.3) is 0 Å². The number of benzene rings is 2. The van der Waals surface area contributed by atoms with Crippen molar-refractivity contribution in [2.24, 2.45) is 0 Å². The predicted molar refractivity (Wildman–Crippen MR) is 122 cm³/mol. The van der Waals surface area contributed by atoms with Gasteiger partial charge in [-0.1, -0.05) is 60.7 Å². The van der Waals surface area contributed by atoms with Gasteiger partial charge < -0.3 is 14.7 Å². The van der Waals surface area contributed by atoms with Crippen molar-refractivity contribution in [2.75, 3.05) is 59.4 Å². The number of piperazine rings is 1. The molecule has 5 nitrogen and oxygen atoms in total. The van der Waals surface area contributed by atoms with Crippen molar-refractivity contribution in [2.45, 2.75) is 18.9 Å². The van der Waals surface area contributed by atoms with Gasteiger partial charge in [-0.25, -0.2) is 4.79 Å². The summed E-state index contributed by atoms with van der Waals surface area (Å²) in [5, 5.41) is 0. The molecule has 0 atom stereocenters. The normalized spacial score (nSPS) is 18.1. The van der Waals surface area contributed by atoms with Gasteiger partial charge in [-0.15, -0.1) is 0 Å². The first-order chi connectivity index (χ1) is 14.7. The minimum absolute atomic E-state index is 0.0758. The van der Waals surface area contributed by atoms with Crippen LogP contribution >= 0.6 is 0 Å². The summed E-state index contributed by atoms with van der Waals surface area (Å²) in [7, 11) is 1.94. The number of nitrogens with zero attached hydrogens (tertiary/aromatic N) is 4. The minimum Gasteiger partial charge on any atom is -0.322 e. The number of amides is 2. The first kappa shape index (κ1) is 20.9. The molecule has 2 aromatic carbocycles. The molecule has 2 aliphatic rings. The Balaban J connectivity index is 1.38. The predicted octanol–water partition coefficient (Wildman–Crippen LogP) is 3.54. The third-order valence-electron chi connectivity index (χ3n) is 6.49. The van der Waals surface area contributed by atoms with Crippen molar-refractivity contribution < 1.29 is 4.79 Å². The van der Waals surface area contributed by atoms with E-state index < -0.39 is 0 Å². The van der Waals surface area contributed by atoms with E-state index in [4.69, 9.17) is 0 Å². The van der Waals surface area contributed by atoms with E-state index in [1.807, 2.05) is 53.2 Å². The maximum atomic E-state index is 13.4. The lowest BCUT2D eigenvalue weighted by atomic mass is 9.97. The smallest absolute Gasteiger partial charge is 0.320 e. The van der Waals surface area contributed by atoms with Gasteiger partial charge in [0.2, 0.25) is 0 Å². The average Bonchev–Trinajstić information content (AvgIpc) is 3.33. The second-order valence-corrected chi connectivity index (χ2v) is 8.49. The number of hydrogen-bond acceptors (Lipinski definition) is 3. The van der Waals surface area contributed by atoms with Gasteiger partial charge in [-0.3, -0.25) is 4.90 Å². The van der Waals surface area contributed by atoms with Gasteiger partial charge in [-0.2, -0.15) is 0 Å². The SMILES string of the molecule is CN(C(=O)N1CCN(CCN2CCCC2)CC1)C(c1ccccc1)c1ccccc1. The second kappa shape index (κ2) is 10.1. The van der Waals surface area contributed by atoms with Crippen molar-refractivity contribution in [3.63, 3.8) is 0 Å². The quantitative estimate of drug-likeness (QED) is 0.735. The van der Waals surface area contributed by atoms with E-state index in [-0.39, 0.29) is 12.1 Å².